The van der Waals surface area contributed by atoms with Crippen molar-refractivity contribution in [3.05, 3.63) is 39.4 Å². The molecule has 0 saturated carbocycles. The number of carbonyl (C=O) groups is 1. The van der Waals surface area contributed by atoms with E-state index in [1.54, 1.807) is 6.92 Å². The van der Waals surface area contributed by atoms with E-state index in [-0.39, 0.29) is 6.61 Å². The Morgan fingerprint density at radius 3 is 2.75 bits per heavy atom. The van der Waals surface area contributed by atoms with Crippen molar-refractivity contribution in [1.29, 1.82) is 0 Å². The molecule has 1 amide bonds. The van der Waals surface area contributed by atoms with Crippen LogP contribution in [0.2, 0.25) is 0 Å². The van der Waals surface area contributed by atoms with E-state index in [1.165, 1.54) is 0 Å². The van der Waals surface area contributed by atoms with E-state index < -0.39 is 39.3 Å². The largest absolute Gasteiger partial charge is 0.379 e. The minimum Gasteiger partial charge on any atom is -0.379 e. The zero-order valence-electron chi connectivity index (χ0n) is 10.6. The number of nitro groups is 1. The summed E-state index contributed by atoms with van der Waals surface area (Å²) in [6.07, 6.45) is 0.526. The minimum absolute atomic E-state index is 0.248. The Hall–Kier alpha value is -2.09. The number of rotatable bonds is 3. The monoisotopic (exact) mass is 286 g/mol. The normalized spacial score (nSPS) is 21.8. The fourth-order valence-electron chi connectivity index (χ4n) is 1.98. The van der Waals surface area contributed by atoms with Crippen LogP contribution in [0.3, 0.4) is 0 Å². The highest BCUT2D eigenvalue weighted by Gasteiger charge is 2.33. The first-order valence-electron chi connectivity index (χ1n) is 5.86. The van der Waals surface area contributed by atoms with E-state index in [0.29, 0.717) is 25.2 Å². The van der Waals surface area contributed by atoms with Crippen LogP contribution >= 0.6 is 0 Å². The molecule has 2 rings (SSSR count). The molecule has 1 atom stereocenters. The van der Waals surface area contributed by atoms with E-state index in [2.05, 4.69) is 5.32 Å². The number of nitrogens with zero attached hydrogens (tertiary/aromatic N) is 1. The number of benzene rings is 1. The third-order valence-electron chi connectivity index (χ3n) is 3.09. The van der Waals surface area contributed by atoms with Gasteiger partial charge in [0.25, 0.3) is 5.91 Å². The van der Waals surface area contributed by atoms with Gasteiger partial charge in [-0.2, -0.15) is 4.39 Å². The van der Waals surface area contributed by atoms with E-state index in [0.717, 1.165) is 0 Å². The summed E-state index contributed by atoms with van der Waals surface area (Å²) in [6, 6.07) is 1.07. The second-order valence-electron chi connectivity index (χ2n) is 4.86. The zero-order chi connectivity index (χ0) is 14.9. The maximum absolute atomic E-state index is 13.9. The fourth-order valence-corrected chi connectivity index (χ4v) is 1.98. The van der Waals surface area contributed by atoms with Gasteiger partial charge in [-0.15, -0.1) is 0 Å². The number of hydrogen-bond donors (Lipinski definition) is 1. The lowest BCUT2D eigenvalue weighted by Gasteiger charge is -2.23. The smallest absolute Gasteiger partial charge is 0.308 e. The number of halogens is 2. The Bertz CT molecular complexity index is 571. The van der Waals surface area contributed by atoms with Gasteiger partial charge in [0.1, 0.15) is 5.82 Å². The van der Waals surface area contributed by atoms with Crippen LogP contribution in [0.5, 0.6) is 0 Å². The summed E-state index contributed by atoms with van der Waals surface area (Å²) in [7, 11) is 0. The van der Waals surface area contributed by atoms with Gasteiger partial charge in [0.2, 0.25) is 5.82 Å². The molecule has 1 aromatic rings. The van der Waals surface area contributed by atoms with Crippen LogP contribution in [-0.4, -0.2) is 29.6 Å². The number of amides is 1. The van der Waals surface area contributed by atoms with E-state index in [1.807, 2.05) is 0 Å². The standard InChI is InChI=1S/C12H12F2N2O4/c1-12(2-3-20-6-12)15-11(17)8-4-7(13)5-9(10(8)14)16(18)19/h4-5H,2-3,6H2,1H3,(H,15,17). The molecule has 20 heavy (non-hydrogen) atoms. The number of nitrogens with one attached hydrogen (secondary N) is 1. The van der Waals surface area contributed by atoms with Crippen LogP contribution in [0.15, 0.2) is 12.1 Å². The third kappa shape index (κ3) is 2.74. The van der Waals surface area contributed by atoms with Crippen molar-refractivity contribution in [2.24, 2.45) is 0 Å². The van der Waals surface area contributed by atoms with Crippen LogP contribution in [0, 0.1) is 21.7 Å². The molecule has 0 aromatic heterocycles. The van der Waals surface area contributed by atoms with Gasteiger partial charge in [0, 0.05) is 6.61 Å². The molecule has 6 nitrogen and oxygen atoms in total. The number of carbonyl (C=O) groups excluding carboxylic acids is 1. The topological polar surface area (TPSA) is 81.5 Å². The summed E-state index contributed by atoms with van der Waals surface area (Å²) in [4.78, 5) is 21.5. The van der Waals surface area contributed by atoms with Crippen molar-refractivity contribution in [2.75, 3.05) is 13.2 Å². The van der Waals surface area contributed by atoms with Crippen molar-refractivity contribution < 1.29 is 23.2 Å². The second-order valence-corrected chi connectivity index (χ2v) is 4.86. The summed E-state index contributed by atoms with van der Waals surface area (Å²) in [5.41, 5.74) is -2.45. The Labute approximate surface area is 112 Å². The molecule has 1 N–H and O–H groups in total. The molecule has 1 heterocycles. The first-order chi connectivity index (χ1) is 9.32. The van der Waals surface area contributed by atoms with Gasteiger partial charge in [-0.3, -0.25) is 14.9 Å². The molecule has 0 radical (unpaired) electrons. The van der Waals surface area contributed by atoms with Gasteiger partial charge in [-0.25, -0.2) is 4.39 Å². The second kappa shape index (κ2) is 5.12. The molecule has 1 fully saturated rings. The first-order valence-corrected chi connectivity index (χ1v) is 5.86. The lowest BCUT2D eigenvalue weighted by Crippen LogP contribution is -2.46. The van der Waals surface area contributed by atoms with Crippen molar-refractivity contribution >= 4 is 11.6 Å². The highest BCUT2D eigenvalue weighted by molar-refractivity contribution is 5.95. The van der Waals surface area contributed by atoms with Crippen LogP contribution in [0.1, 0.15) is 23.7 Å². The predicted octanol–water partition coefficient (Wildman–Crippen LogP) is 1.78. The zero-order valence-corrected chi connectivity index (χ0v) is 10.6. The highest BCUT2D eigenvalue weighted by atomic mass is 19.1. The van der Waals surface area contributed by atoms with Crippen molar-refractivity contribution in [3.8, 4) is 0 Å². The maximum Gasteiger partial charge on any atom is 0.308 e. The number of ether oxygens (including phenoxy) is 1. The van der Waals surface area contributed by atoms with Gasteiger partial charge in [0.05, 0.1) is 28.7 Å². The summed E-state index contributed by atoms with van der Waals surface area (Å²) < 4.78 is 32.2. The minimum atomic E-state index is -1.35. The third-order valence-corrected chi connectivity index (χ3v) is 3.09. The fraction of sp³-hybridized carbons (Fsp3) is 0.417. The molecule has 8 heteroatoms. The summed E-state index contributed by atoms with van der Waals surface area (Å²) in [5.74, 6) is -3.30. The maximum atomic E-state index is 13.9. The lowest BCUT2D eigenvalue weighted by molar-refractivity contribution is -0.387. The lowest BCUT2D eigenvalue weighted by atomic mass is 10.0. The summed E-state index contributed by atoms with van der Waals surface area (Å²) in [5, 5.41) is 13.1. The Morgan fingerprint density at radius 2 is 2.20 bits per heavy atom. The van der Waals surface area contributed by atoms with E-state index in [4.69, 9.17) is 4.74 Å². The molecule has 108 valence electrons. The van der Waals surface area contributed by atoms with Crippen molar-refractivity contribution in [1.82, 2.24) is 5.32 Å². The van der Waals surface area contributed by atoms with Gasteiger partial charge in [0.15, 0.2) is 0 Å². The Balaban J connectivity index is 2.32. The summed E-state index contributed by atoms with van der Waals surface area (Å²) in [6.45, 7) is 2.39. The van der Waals surface area contributed by atoms with E-state index >= 15 is 0 Å². The van der Waals surface area contributed by atoms with Crippen LogP contribution < -0.4 is 5.32 Å². The molecular formula is C12H12F2N2O4. The van der Waals surface area contributed by atoms with Gasteiger partial charge in [-0.1, -0.05) is 0 Å². The Kier molecular flexibility index (Phi) is 3.67. The number of hydrogen-bond acceptors (Lipinski definition) is 4. The molecular weight excluding hydrogens is 274 g/mol. The SMILES string of the molecule is CC1(NC(=O)c2cc(F)cc([N+](=O)[O-])c2F)CCOC1. The van der Waals surface area contributed by atoms with E-state index in [9.17, 15) is 23.7 Å². The van der Waals surface area contributed by atoms with Gasteiger partial charge < -0.3 is 10.1 Å². The number of nitro benzene ring substituents is 1. The average molecular weight is 286 g/mol. The van der Waals surface area contributed by atoms with Crippen LogP contribution in [0.4, 0.5) is 14.5 Å². The molecule has 0 bridgehead atoms. The van der Waals surface area contributed by atoms with Gasteiger partial charge in [-0.05, 0) is 19.4 Å². The molecule has 0 aliphatic carbocycles. The molecule has 1 aromatic carbocycles. The quantitative estimate of drug-likeness (QED) is 0.678. The predicted molar refractivity (Wildman–Crippen MR) is 64.3 cm³/mol. The first kappa shape index (κ1) is 14.3. The van der Waals surface area contributed by atoms with Crippen molar-refractivity contribution in [3.63, 3.8) is 0 Å². The van der Waals surface area contributed by atoms with Crippen LogP contribution in [-0.2, 0) is 4.74 Å². The molecule has 1 aliphatic rings. The average Bonchev–Trinajstić information content (AvgIpc) is 2.77. The molecule has 1 unspecified atom stereocenters. The Morgan fingerprint density at radius 1 is 1.50 bits per heavy atom. The highest BCUT2D eigenvalue weighted by Crippen LogP contribution is 2.24. The van der Waals surface area contributed by atoms with Crippen LogP contribution in [0.25, 0.3) is 0 Å². The molecule has 0 spiro atoms. The van der Waals surface area contributed by atoms with Gasteiger partial charge >= 0.3 is 5.69 Å². The molecule has 1 saturated heterocycles. The summed E-state index contributed by atoms with van der Waals surface area (Å²) >= 11 is 0. The molecule has 1 aliphatic heterocycles. The van der Waals surface area contributed by atoms with Crippen molar-refractivity contribution in [2.45, 2.75) is 18.9 Å².